The summed E-state index contributed by atoms with van der Waals surface area (Å²) < 4.78 is 19.8. The van der Waals surface area contributed by atoms with Gasteiger partial charge in [0.05, 0.1) is 0 Å². The molecule has 0 aromatic rings. The monoisotopic (exact) mass is 531 g/mol. The molecule has 5 nitrogen and oxygen atoms in total. The van der Waals surface area contributed by atoms with Gasteiger partial charge in [0.15, 0.2) is 0 Å². The largest absolute Gasteiger partial charge is 0.697 e. The van der Waals surface area contributed by atoms with Crippen molar-refractivity contribution >= 4 is 8.25 Å². The molecule has 1 aliphatic rings. The first kappa shape index (κ1) is 25.5. The van der Waals surface area contributed by atoms with Crippen LogP contribution in [0, 0.1) is 76.9 Å². The van der Waals surface area contributed by atoms with Crippen LogP contribution in [-0.2, 0) is 13.6 Å². The van der Waals surface area contributed by atoms with Crippen molar-refractivity contribution in [2.45, 2.75) is 38.5 Å². The molecule has 1 rings (SSSR count). The third-order valence-corrected chi connectivity index (χ3v) is 2.88. The van der Waals surface area contributed by atoms with Gasteiger partial charge in [-0.3, -0.25) is 0 Å². The molecule has 0 aromatic heterocycles. The number of hydrogen-bond acceptors (Lipinski definition) is 5. The van der Waals surface area contributed by atoms with Crippen LogP contribution in [0.3, 0.4) is 0 Å². The summed E-state index contributed by atoms with van der Waals surface area (Å²) in [7, 11) is -1.77. The number of rotatable bonds is 5. The topological polar surface area (TPSA) is 87.6 Å². The molecular weight excluding hydrogens is 507 g/mol. The molecule has 0 bridgehead atoms. The first-order chi connectivity index (χ1) is 7.81. The smallest absolute Gasteiger partial charge is 0.330 e. The van der Waals surface area contributed by atoms with Crippen LogP contribution < -0.4 is 11.5 Å². The molecule has 0 saturated carbocycles. The Morgan fingerprint density at radius 1 is 0.889 bits per heavy atom. The first-order valence-corrected chi connectivity index (χ1v) is 7.04. The van der Waals surface area contributed by atoms with E-state index in [0.29, 0.717) is 13.2 Å². The van der Waals surface area contributed by atoms with Gasteiger partial charge in [-0.05, 0) is 38.8 Å². The first-order valence-electron chi connectivity index (χ1n) is 5.94. The molecule has 8 heteroatoms. The summed E-state index contributed by atoms with van der Waals surface area (Å²) in [5.74, 6) is 0. The molecule has 1 fully saturated rings. The van der Waals surface area contributed by atoms with Gasteiger partial charge in [-0.25, -0.2) is 0 Å². The van der Waals surface area contributed by atoms with Gasteiger partial charge in [-0.2, -0.15) is 0 Å². The van der Waals surface area contributed by atoms with Gasteiger partial charge in [0, 0.05) is 81.5 Å². The van der Waals surface area contributed by atoms with Crippen molar-refractivity contribution in [3.63, 3.8) is 0 Å². The van der Waals surface area contributed by atoms with E-state index >= 15 is 0 Å². The molecule has 4 N–H and O–H groups in total. The van der Waals surface area contributed by atoms with E-state index in [0.717, 1.165) is 38.8 Å². The van der Waals surface area contributed by atoms with Crippen LogP contribution in [0.1, 0.15) is 38.5 Å². The van der Waals surface area contributed by atoms with Crippen molar-refractivity contribution in [2.24, 2.45) is 11.5 Å². The van der Waals surface area contributed by atoms with Crippen LogP contribution in [0.15, 0.2) is 0 Å². The van der Waals surface area contributed by atoms with Gasteiger partial charge in [-0.1, -0.05) is 12.8 Å². The minimum atomic E-state index is -1.77. The molecule has 0 atom stereocenters. The average molecular weight is 531 g/mol. The predicted octanol–water partition coefficient (Wildman–Crippen LogP) is 1.93. The van der Waals surface area contributed by atoms with E-state index in [1.807, 2.05) is 0 Å². The molecule has 0 aliphatic carbocycles. The van der Waals surface area contributed by atoms with Crippen molar-refractivity contribution < 1.29 is 90.5 Å². The summed E-state index contributed by atoms with van der Waals surface area (Å²) >= 11 is 0. The average Bonchev–Trinajstić information content (AvgIpc) is 2.53. The molecular formula is C10H24LaN2O3PPr+. The zero-order valence-electron chi connectivity index (χ0n) is 11.1. The Morgan fingerprint density at radius 3 is 1.61 bits per heavy atom. The van der Waals surface area contributed by atoms with Crippen molar-refractivity contribution in [3.05, 3.63) is 0 Å². The van der Waals surface area contributed by atoms with Gasteiger partial charge < -0.3 is 11.5 Å². The van der Waals surface area contributed by atoms with Gasteiger partial charge in [0.1, 0.15) is 13.2 Å². The van der Waals surface area contributed by atoms with E-state index in [2.05, 4.69) is 9.05 Å². The summed E-state index contributed by atoms with van der Waals surface area (Å²) in [6.45, 7) is 2.81. The van der Waals surface area contributed by atoms with E-state index in [1.165, 1.54) is 12.8 Å². The maximum Gasteiger partial charge on any atom is 0.697 e. The van der Waals surface area contributed by atoms with Crippen LogP contribution in [0.25, 0.3) is 0 Å². The maximum atomic E-state index is 10.4. The second-order valence-corrected chi connectivity index (χ2v) is 4.55. The molecule has 1 saturated heterocycles. The minimum absolute atomic E-state index is 0. The molecule has 0 amide bonds. The predicted molar refractivity (Wildman–Crippen MR) is 65.3 cm³/mol. The normalized spacial score (nSPS) is 14.4. The van der Waals surface area contributed by atoms with Crippen LogP contribution >= 0.6 is 8.25 Å². The van der Waals surface area contributed by atoms with Crippen molar-refractivity contribution in [2.75, 3.05) is 26.3 Å². The summed E-state index contributed by atoms with van der Waals surface area (Å²) in [5.41, 5.74) is 10.6. The van der Waals surface area contributed by atoms with Crippen molar-refractivity contribution in [3.8, 4) is 0 Å². The van der Waals surface area contributed by atoms with Gasteiger partial charge in [-0.15, -0.1) is 9.05 Å². The van der Waals surface area contributed by atoms with E-state index in [1.54, 1.807) is 0 Å². The minimum Gasteiger partial charge on any atom is -0.330 e. The van der Waals surface area contributed by atoms with Gasteiger partial charge in [0.2, 0.25) is 0 Å². The van der Waals surface area contributed by atoms with E-state index in [9.17, 15) is 4.57 Å². The van der Waals surface area contributed by atoms with Crippen molar-refractivity contribution in [1.82, 2.24) is 0 Å². The Bertz CT molecular complexity index is 165. The molecule has 102 valence electrons. The van der Waals surface area contributed by atoms with Gasteiger partial charge in [0.25, 0.3) is 0 Å². The van der Waals surface area contributed by atoms with Crippen LogP contribution in [0.4, 0.5) is 0 Å². The Morgan fingerprint density at radius 2 is 1.28 bits per heavy atom. The van der Waals surface area contributed by atoms with Crippen molar-refractivity contribution in [1.29, 1.82) is 0 Å². The Labute approximate surface area is 172 Å². The summed E-state index contributed by atoms with van der Waals surface area (Å²) in [6.07, 6.45) is 6.71. The molecule has 0 unspecified atom stereocenters. The maximum absolute atomic E-state index is 10.4. The summed E-state index contributed by atoms with van der Waals surface area (Å²) in [5, 5.41) is 0. The molecule has 0 spiro atoms. The Kier molecular flexibility index (Phi) is 30.8. The third-order valence-electron chi connectivity index (χ3n) is 2.09. The second-order valence-electron chi connectivity index (χ2n) is 3.59. The fraction of sp³-hybridized carbons (Fsp3) is 1.00. The van der Waals surface area contributed by atoms with E-state index in [4.69, 9.17) is 11.5 Å². The van der Waals surface area contributed by atoms with E-state index in [-0.39, 0.29) is 76.9 Å². The standard InChI is InChI=1S/C6H16N2.C4H8O3P.La.Pr/c7-5-3-1-2-4-6-8;5-8-6-3-1-2-4-7-8;;/h1-8H2;1-4H2;;/q;+1;;. The number of hydrogen-bond donors (Lipinski definition) is 2. The fourth-order valence-corrected chi connectivity index (χ4v) is 1.79. The summed E-state index contributed by atoms with van der Waals surface area (Å²) in [4.78, 5) is 0. The fourth-order valence-electron chi connectivity index (χ4n) is 1.16. The molecule has 18 heavy (non-hydrogen) atoms. The van der Waals surface area contributed by atoms with Crippen LogP contribution in [0.5, 0.6) is 0 Å². The molecule has 2 radical (unpaired) electrons. The van der Waals surface area contributed by atoms with Crippen LogP contribution in [-0.4, -0.2) is 26.3 Å². The molecule has 0 aromatic carbocycles. The molecule has 1 heterocycles. The number of nitrogens with two attached hydrogens (primary N) is 2. The zero-order chi connectivity index (χ0) is 12.1. The molecule has 1 aliphatic heterocycles. The Hall–Kier alpha value is 2.50. The SMILES string of the molecule is NCCCCCCN.O=[P+]1OCCCCO1.[La].[Pr]. The van der Waals surface area contributed by atoms with Gasteiger partial charge >= 0.3 is 8.25 Å². The third kappa shape index (κ3) is 20.8. The quantitative estimate of drug-likeness (QED) is 0.419. The second kappa shape index (κ2) is 21.8. The van der Waals surface area contributed by atoms with E-state index < -0.39 is 8.25 Å². The number of unbranched alkanes of at least 4 members (excludes halogenated alkanes) is 3. The van der Waals surface area contributed by atoms with Crippen LogP contribution in [0.2, 0.25) is 0 Å². The Balaban J connectivity index is -0.000000225. The summed E-state index contributed by atoms with van der Waals surface area (Å²) in [6, 6.07) is 0. The zero-order valence-corrected chi connectivity index (χ0v) is 19.3.